The summed E-state index contributed by atoms with van der Waals surface area (Å²) >= 11 is 0. The number of carbonyl (C=O) groups is 1. The highest BCUT2D eigenvalue weighted by Gasteiger charge is 2.09. The van der Waals surface area contributed by atoms with Crippen molar-refractivity contribution >= 4 is 21.4 Å². The summed E-state index contributed by atoms with van der Waals surface area (Å²) in [5, 5.41) is 2.38. The molecule has 5 nitrogen and oxygen atoms in total. The number of carbonyl (C=O) groups excluding carboxylic acids is 1. The number of ether oxygens (including phenoxy) is 1. The van der Waals surface area contributed by atoms with Gasteiger partial charge in [-0.15, -0.1) is 0 Å². The normalized spacial score (nSPS) is 11.0. The van der Waals surface area contributed by atoms with Crippen LogP contribution in [-0.2, 0) is 14.6 Å². The molecular formula is C15H14FNO4S. The van der Waals surface area contributed by atoms with E-state index in [0.717, 1.165) is 6.26 Å². The zero-order valence-corrected chi connectivity index (χ0v) is 12.6. The van der Waals surface area contributed by atoms with Crippen LogP contribution in [0, 0.1) is 5.82 Å². The Bertz CT molecular complexity index is 772. The third-order valence-corrected chi connectivity index (χ3v) is 3.90. The van der Waals surface area contributed by atoms with Gasteiger partial charge < -0.3 is 10.1 Å². The number of hydrogen-bond acceptors (Lipinski definition) is 4. The number of para-hydroxylation sites is 1. The van der Waals surface area contributed by atoms with Crippen molar-refractivity contribution in [2.75, 3.05) is 18.2 Å². The fraction of sp³-hybridized carbons (Fsp3) is 0.133. The van der Waals surface area contributed by atoms with Gasteiger partial charge in [0.1, 0.15) is 11.6 Å². The molecule has 0 aliphatic heterocycles. The van der Waals surface area contributed by atoms with E-state index in [1.807, 2.05) is 0 Å². The lowest BCUT2D eigenvalue weighted by molar-refractivity contribution is -0.118. The summed E-state index contributed by atoms with van der Waals surface area (Å²) in [6, 6.07) is 11.5. The Morgan fingerprint density at radius 2 is 1.77 bits per heavy atom. The van der Waals surface area contributed by atoms with Gasteiger partial charge in [0.15, 0.2) is 16.4 Å². The molecule has 22 heavy (non-hydrogen) atoms. The van der Waals surface area contributed by atoms with Gasteiger partial charge in [-0.05, 0) is 36.4 Å². The first-order valence-corrected chi connectivity index (χ1v) is 8.23. The van der Waals surface area contributed by atoms with Crippen LogP contribution in [0.25, 0.3) is 0 Å². The van der Waals surface area contributed by atoms with Crippen LogP contribution in [-0.4, -0.2) is 27.2 Å². The van der Waals surface area contributed by atoms with E-state index in [4.69, 9.17) is 4.74 Å². The third kappa shape index (κ3) is 4.29. The maximum Gasteiger partial charge on any atom is 0.262 e. The highest BCUT2D eigenvalue weighted by molar-refractivity contribution is 7.90. The molecule has 1 amide bonds. The Morgan fingerprint density at radius 3 is 2.36 bits per heavy atom. The molecule has 0 saturated carbocycles. The van der Waals surface area contributed by atoms with Gasteiger partial charge in [0.2, 0.25) is 0 Å². The lowest BCUT2D eigenvalue weighted by Gasteiger charge is -2.08. The number of benzene rings is 2. The standard InChI is InChI=1S/C15H14FNO4S/c1-22(19,20)12-8-6-11(7-9-12)21-10-15(18)17-14-5-3-2-4-13(14)16/h2-9H,10H2,1H3,(H,17,18). The smallest absolute Gasteiger partial charge is 0.262 e. The number of hydrogen-bond donors (Lipinski definition) is 1. The predicted octanol–water partition coefficient (Wildman–Crippen LogP) is 2.25. The SMILES string of the molecule is CS(=O)(=O)c1ccc(OCC(=O)Nc2ccccc2F)cc1. The monoisotopic (exact) mass is 323 g/mol. The summed E-state index contributed by atoms with van der Waals surface area (Å²) in [6.07, 6.45) is 1.10. The summed E-state index contributed by atoms with van der Waals surface area (Å²) < 4.78 is 41.2. The van der Waals surface area contributed by atoms with Crippen molar-refractivity contribution in [3.63, 3.8) is 0 Å². The Morgan fingerprint density at radius 1 is 1.14 bits per heavy atom. The van der Waals surface area contributed by atoms with Crippen LogP contribution < -0.4 is 10.1 Å². The van der Waals surface area contributed by atoms with Crippen molar-refractivity contribution < 1.29 is 22.3 Å². The molecule has 0 saturated heterocycles. The van der Waals surface area contributed by atoms with Gasteiger partial charge >= 0.3 is 0 Å². The minimum Gasteiger partial charge on any atom is -0.484 e. The molecule has 2 aromatic rings. The van der Waals surface area contributed by atoms with E-state index in [9.17, 15) is 17.6 Å². The molecule has 0 radical (unpaired) electrons. The number of nitrogens with one attached hydrogen (secondary N) is 1. The zero-order chi connectivity index (χ0) is 16.2. The average molecular weight is 323 g/mol. The molecule has 0 spiro atoms. The van der Waals surface area contributed by atoms with Crippen molar-refractivity contribution in [2.24, 2.45) is 0 Å². The second-order valence-electron chi connectivity index (χ2n) is 4.56. The van der Waals surface area contributed by atoms with Crippen LogP contribution in [0.15, 0.2) is 53.4 Å². The van der Waals surface area contributed by atoms with Gasteiger partial charge in [0.25, 0.3) is 5.91 Å². The minimum atomic E-state index is -3.27. The summed E-state index contributed by atoms with van der Waals surface area (Å²) in [4.78, 5) is 11.8. The van der Waals surface area contributed by atoms with Crippen molar-refractivity contribution in [3.8, 4) is 5.75 Å². The summed E-state index contributed by atoms with van der Waals surface area (Å²) in [6.45, 7) is -0.313. The molecule has 0 heterocycles. The Hall–Kier alpha value is -2.41. The van der Waals surface area contributed by atoms with Gasteiger partial charge in [-0.2, -0.15) is 0 Å². The molecule has 0 unspecified atom stereocenters. The van der Waals surface area contributed by atoms with Crippen LogP contribution in [0.5, 0.6) is 5.75 Å². The number of sulfone groups is 1. The third-order valence-electron chi connectivity index (χ3n) is 2.77. The highest BCUT2D eigenvalue weighted by atomic mass is 32.2. The van der Waals surface area contributed by atoms with E-state index in [1.165, 1.54) is 42.5 Å². The molecule has 116 valence electrons. The van der Waals surface area contributed by atoms with Crippen LogP contribution in [0.1, 0.15) is 0 Å². The van der Waals surface area contributed by atoms with Crippen molar-refractivity contribution in [1.82, 2.24) is 0 Å². The van der Waals surface area contributed by atoms with Crippen LogP contribution in [0.3, 0.4) is 0 Å². The van der Waals surface area contributed by atoms with Crippen molar-refractivity contribution in [1.29, 1.82) is 0 Å². The Labute approximate surface area is 127 Å². The molecule has 7 heteroatoms. The molecule has 0 bridgehead atoms. The van der Waals surface area contributed by atoms with E-state index >= 15 is 0 Å². The second-order valence-corrected chi connectivity index (χ2v) is 6.58. The first kappa shape index (κ1) is 16.0. The summed E-state index contributed by atoms with van der Waals surface area (Å²) in [5.41, 5.74) is 0.0727. The maximum absolute atomic E-state index is 13.4. The van der Waals surface area contributed by atoms with Gasteiger partial charge in [-0.1, -0.05) is 12.1 Å². The van der Waals surface area contributed by atoms with Gasteiger partial charge in [-0.3, -0.25) is 4.79 Å². The molecule has 0 aliphatic rings. The van der Waals surface area contributed by atoms with Crippen LogP contribution in [0.2, 0.25) is 0 Å². The number of rotatable bonds is 5. The lowest BCUT2D eigenvalue weighted by atomic mass is 10.3. The Balaban J connectivity index is 1.93. The van der Waals surface area contributed by atoms with E-state index in [0.29, 0.717) is 5.75 Å². The minimum absolute atomic E-state index is 0.0727. The number of anilines is 1. The lowest BCUT2D eigenvalue weighted by Crippen LogP contribution is -2.20. The molecular weight excluding hydrogens is 309 g/mol. The Kier molecular flexibility index (Phi) is 4.77. The molecule has 0 aliphatic carbocycles. The topological polar surface area (TPSA) is 72.5 Å². The van der Waals surface area contributed by atoms with E-state index in [2.05, 4.69) is 5.32 Å². The van der Waals surface area contributed by atoms with Crippen LogP contribution in [0.4, 0.5) is 10.1 Å². The van der Waals surface area contributed by atoms with E-state index in [-0.39, 0.29) is 17.2 Å². The maximum atomic E-state index is 13.4. The predicted molar refractivity (Wildman–Crippen MR) is 80.1 cm³/mol. The molecule has 2 rings (SSSR count). The van der Waals surface area contributed by atoms with Crippen molar-refractivity contribution in [3.05, 3.63) is 54.3 Å². The quantitative estimate of drug-likeness (QED) is 0.916. The fourth-order valence-corrected chi connectivity index (χ4v) is 2.31. The average Bonchev–Trinajstić information content (AvgIpc) is 2.47. The zero-order valence-electron chi connectivity index (χ0n) is 11.7. The summed E-state index contributed by atoms with van der Waals surface area (Å²) in [5.74, 6) is -0.707. The fourth-order valence-electron chi connectivity index (χ4n) is 1.68. The number of amides is 1. The van der Waals surface area contributed by atoms with E-state index < -0.39 is 21.6 Å². The van der Waals surface area contributed by atoms with Gasteiger partial charge in [0.05, 0.1) is 10.6 Å². The first-order valence-electron chi connectivity index (χ1n) is 6.33. The summed E-state index contributed by atoms with van der Waals surface area (Å²) in [7, 11) is -3.27. The van der Waals surface area contributed by atoms with E-state index in [1.54, 1.807) is 6.07 Å². The first-order chi connectivity index (χ1) is 10.4. The molecule has 1 N–H and O–H groups in total. The molecule has 2 aromatic carbocycles. The van der Waals surface area contributed by atoms with Crippen LogP contribution >= 0.6 is 0 Å². The second kappa shape index (κ2) is 6.57. The van der Waals surface area contributed by atoms with Gasteiger partial charge in [0, 0.05) is 6.26 Å². The molecule has 0 fully saturated rings. The van der Waals surface area contributed by atoms with Gasteiger partial charge in [-0.25, -0.2) is 12.8 Å². The van der Waals surface area contributed by atoms with Crippen molar-refractivity contribution in [2.45, 2.75) is 4.90 Å². The highest BCUT2D eigenvalue weighted by Crippen LogP contribution is 2.16. The number of halogens is 1. The molecule has 0 atom stereocenters. The molecule has 0 aromatic heterocycles. The largest absolute Gasteiger partial charge is 0.484 e.